The third kappa shape index (κ3) is 7.45. The fraction of sp³-hybridized carbons (Fsp3) is 0.591. The van der Waals surface area contributed by atoms with Crippen LogP contribution in [0.25, 0.3) is 0 Å². The number of guanidine groups is 1. The zero-order valence-electron chi connectivity index (χ0n) is 18.7. The Morgan fingerprint density at radius 3 is 2.40 bits per heavy atom. The number of likely N-dealkylation sites (N-methyl/N-ethyl adjacent to an activating group) is 2. The number of carbonyl (C=O) groups is 2. The molecule has 1 N–H and O–H groups in total. The van der Waals surface area contributed by atoms with Crippen molar-refractivity contribution < 1.29 is 9.59 Å². The van der Waals surface area contributed by atoms with Gasteiger partial charge in [0.15, 0.2) is 5.96 Å². The van der Waals surface area contributed by atoms with Gasteiger partial charge in [0, 0.05) is 46.2 Å². The lowest BCUT2D eigenvalue weighted by Crippen LogP contribution is -2.45. The molecule has 0 radical (unpaired) electrons. The van der Waals surface area contributed by atoms with Crippen molar-refractivity contribution in [3.63, 3.8) is 0 Å². The van der Waals surface area contributed by atoms with Gasteiger partial charge in [-0.2, -0.15) is 0 Å². The van der Waals surface area contributed by atoms with Gasteiger partial charge in [0.2, 0.25) is 11.8 Å². The lowest BCUT2D eigenvalue weighted by atomic mass is 10.1. The molecule has 0 unspecified atom stereocenters. The summed E-state index contributed by atoms with van der Waals surface area (Å²) in [5.74, 6) is 1.03. The normalized spacial score (nSPS) is 13.8. The second-order valence-electron chi connectivity index (χ2n) is 7.28. The van der Waals surface area contributed by atoms with Gasteiger partial charge in [-0.05, 0) is 38.3 Å². The average Bonchev–Trinajstić information content (AvgIpc) is 3.11. The predicted molar refractivity (Wildman–Crippen MR) is 132 cm³/mol. The molecule has 2 rings (SSSR count). The van der Waals surface area contributed by atoms with Gasteiger partial charge in [-0.15, -0.1) is 24.0 Å². The summed E-state index contributed by atoms with van der Waals surface area (Å²) in [5.41, 5.74) is 2.23. The number of halogens is 1. The maximum absolute atomic E-state index is 12.4. The molecule has 1 aliphatic heterocycles. The average molecular weight is 529 g/mol. The third-order valence-corrected chi connectivity index (χ3v) is 5.24. The van der Waals surface area contributed by atoms with E-state index < -0.39 is 0 Å². The van der Waals surface area contributed by atoms with Crippen LogP contribution in [0.1, 0.15) is 44.7 Å². The second kappa shape index (κ2) is 13.5. The first kappa shape index (κ1) is 26.2. The summed E-state index contributed by atoms with van der Waals surface area (Å²) in [4.78, 5) is 34.8. The first-order valence-electron chi connectivity index (χ1n) is 10.6. The summed E-state index contributed by atoms with van der Waals surface area (Å²) in [7, 11) is 1.89. The number of benzene rings is 1. The van der Waals surface area contributed by atoms with Crippen LogP contribution in [0, 0.1) is 0 Å². The molecule has 1 aromatic carbocycles. The Labute approximate surface area is 197 Å². The van der Waals surface area contributed by atoms with Crippen LogP contribution in [-0.2, 0) is 22.7 Å². The van der Waals surface area contributed by atoms with Crippen molar-refractivity contribution in [2.75, 3.05) is 39.8 Å². The SMILES string of the molecule is CCNC(=NCc1ccccc1CN1CCCC1=O)N(C)CC(=O)N(CC)CC.I. The van der Waals surface area contributed by atoms with Crippen LogP contribution in [0.2, 0.25) is 0 Å². The fourth-order valence-corrected chi connectivity index (χ4v) is 3.53. The highest BCUT2D eigenvalue weighted by Gasteiger charge is 2.21. The van der Waals surface area contributed by atoms with Crippen LogP contribution in [0.5, 0.6) is 0 Å². The summed E-state index contributed by atoms with van der Waals surface area (Å²) in [5, 5.41) is 3.27. The van der Waals surface area contributed by atoms with Crippen molar-refractivity contribution in [1.82, 2.24) is 20.0 Å². The molecule has 1 fully saturated rings. The van der Waals surface area contributed by atoms with Crippen molar-refractivity contribution in [3.8, 4) is 0 Å². The van der Waals surface area contributed by atoms with Crippen molar-refractivity contribution in [3.05, 3.63) is 35.4 Å². The maximum atomic E-state index is 12.4. The number of hydrogen-bond donors (Lipinski definition) is 1. The smallest absolute Gasteiger partial charge is 0.242 e. The Hall–Kier alpha value is -1.84. The number of amides is 2. The minimum absolute atomic E-state index is 0. The van der Waals surface area contributed by atoms with Crippen LogP contribution >= 0.6 is 24.0 Å². The van der Waals surface area contributed by atoms with E-state index in [1.807, 2.05) is 54.7 Å². The highest BCUT2D eigenvalue weighted by Crippen LogP contribution is 2.18. The minimum Gasteiger partial charge on any atom is -0.357 e. The summed E-state index contributed by atoms with van der Waals surface area (Å²) in [6.45, 7) is 10.4. The molecule has 0 atom stereocenters. The van der Waals surface area contributed by atoms with E-state index >= 15 is 0 Å². The van der Waals surface area contributed by atoms with E-state index in [1.54, 1.807) is 0 Å². The molecule has 7 nitrogen and oxygen atoms in total. The van der Waals surface area contributed by atoms with Gasteiger partial charge in [-0.25, -0.2) is 4.99 Å². The van der Waals surface area contributed by atoms with Crippen LogP contribution in [0.3, 0.4) is 0 Å². The molecular formula is C22H36IN5O2. The molecule has 1 aromatic rings. The molecular weight excluding hydrogens is 493 g/mol. The van der Waals surface area contributed by atoms with Crippen LogP contribution in [0.15, 0.2) is 29.3 Å². The molecule has 168 valence electrons. The number of nitrogens with zero attached hydrogens (tertiary/aromatic N) is 4. The van der Waals surface area contributed by atoms with Gasteiger partial charge in [0.25, 0.3) is 0 Å². The van der Waals surface area contributed by atoms with Crippen molar-refractivity contribution >= 4 is 41.8 Å². The Bertz CT molecular complexity index is 721. The van der Waals surface area contributed by atoms with Crippen LogP contribution in [0.4, 0.5) is 0 Å². The third-order valence-electron chi connectivity index (χ3n) is 5.24. The number of hydrogen-bond acceptors (Lipinski definition) is 3. The molecule has 1 saturated heterocycles. The van der Waals surface area contributed by atoms with Gasteiger partial charge >= 0.3 is 0 Å². The molecule has 0 aromatic heterocycles. The van der Waals surface area contributed by atoms with Gasteiger partial charge in [0.1, 0.15) is 0 Å². The lowest BCUT2D eigenvalue weighted by Gasteiger charge is -2.25. The first-order chi connectivity index (χ1) is 14.0. The molecule has 1 heterocycles. The van der Waals surface area contributed by atoms with E-state index in [0.29, 0.717) is 38.6 Å². The summed E-state index contributed by atoms with van der Waals surface area (Å²) >= 11 is 0. The predicted octanol–water partition coefficient (Wildman–Crippen LogP) is 2.69. The maximum Gasteiger partial charge on any atom is 0.242 e. The van der Waals surface area contributed by atoms with Gasteiger partial charge in [-0.3, -0.25) is 9.59 Å². The number of likely N-dealkylation sites (tertiary alicyclic amines) is 1. The highest BCUT2D eigenvalue weighted by atomic mass is 127. The fourth-order valence-electron chi connectivity index (χ4n) is 3.53. The largest absolute Gasteiger partial charge is 0.357 e. The zero-order chi connectivity index (χ0) is 21.2. The summed E-state index contributed by atoms with van der Waals surface area (Å²) in [6, 6.07) is 8.13. The lowest BCUT2D eigenvalue weighted by molar-refractivity contribution is -0.131. The van der Waals surface area contributed by atoms with Gasteiger partial charge < -0.3 is 20.0 Å². The molecule has 0 saturated carbocycles. The van der Waals surface area contributed by atoms with Crippen LogP contribution < -0.4 is 5.32 Å². The zero-order valence-corrected chi connectivity index (χ0v) is 21.0. The number of aliphatic imine (C=N–C) groups is 1. The van der Waals surface area contributed by atoms with E-state index in [0.717, 1.165) is 30.6 Å². The van der Waals surface area contributed by atoms with E-state index in [1.165, 1.54) is 0 Å². The Balaban J connectivity index is 0.00000450. The van der Waals surface area contributed by atoms with Crippen LogP contribution in [-0.4, -0.2) is 72.2 Å². The quantitative estimate of drug-likeness (QED) is 0.304. The Morgan fingerprint density at radius 2 is 1.83 bits per heavy atom. The molecule has 0 bridgehead atoms. The van der Waals surface area contributed by atoms with Crippen molar-refractivity contribution in [2.24, 2.45) is 4.99 Å². The van der Waals surface area contributed by atoms with E-state index in [9.17, 15) is 9.59 Å². The molecule has 30 heavy (non-hydrogen) atoms. The van der Waals surface area contributed by atoms with E-state index in [-0.39, 0.29) is 42.3 Å². The Kier molecular flexibility index (Phi) is 11.8. The van der Waals surface area contributed by atoms with E-state index in [4.69, 9.17) is 4.99 Å². The monoisotopic (exact) mass is 529 g/mol. The number of carbonyl (C=O) groups excluding carboxylic acids is 2. The topological polar surface area (TPSA) is 68.2 Å². The molecule has 8 heteroatoms. The van der Waals surface area contributed by atoms with Gasteiger partial charge in [-0.1, -0.05) is 24.3 Å². The standard InChI is InChI=1S/C22H35N5O2.HI/c1-5-23-22(25(4)17-21(29)26(6-2)7-3)24-15-18-11-8-9-12-19(18)16-27-14-10-13-20(27)28;/h8-9,11-12H,5-7,10,13-17H2,1-4H3,(H,23,24);1H. The summed E-state index contributed by atoms with van der Waals surface area (Å²) in [6.07, 6.45) is 1.59. The molecule has 2 amide bonds. The minimum atomic E-state index is 0. The van der Waals surface area contributed by atoms with Gasteiger partial charge in [0.05, 0.1) is 13.1 Å². The number of nitrogens with one attached hydrogen (secondary N) is 1. The summed E-state index contributed by atoms with van der Waals surface area (Å²) < 4.78 is 0. The highest BCUT2D eigenvalue weighted by molar-refractivity contribution is 14.0. The Morgan fingerprint density at radius 1 is 1.17 bits per heavy atom. The van der Waals surface area contributed by atoms with Crippen molar-refractivity contribution in [2.45, 2.75) is 46.7 Å². The second-order valence-corrected chi connectivity index (χ2v) is 7.28. The van der Waals surface area contributed by atoms with E-state index in [2.05, 4.69) is 17.4 Å². The van der Waals surface area contributed by atoms with Crippen molar-refractivity contribution in [1.29, 1.82) is 0 Å². The molecule has 1 aliphatic rings. The number of rotatable bonds is 9. The molecule has 0 aliphatic carbocycles. The molecule has 0 spiro atoms. The first-order valence-corrected chi connectivity index (χ1v) is 10.6.